The molecule has 3 fully saturated rings. The maximum absolute atomic E-state index is 12.8. The molecule has 0 saturated carbocycles. The van der Waals surface area contributed by atoms with Gasteiger partial charge in [0.05, 0.1) is 6.04 Å². The average Bonchev–Trinajstić information content (AvgIpc) is 3.10. The fraction of sp³-hybridized carbons (Fsp3) is 0.600. The average molecular weight is 435 g/mol. The Morgan fingerprint density at radius 3 is 2.93 bits per heavy atom. The summed E-state index contributed by atoms with van der Waals surface area (Å²) in [5.41, 5.74) is 0.859. The highest BCUT2D eigenvalue weighted by atomic mass is 35.5. The van der Waals surface area contributed by atoms with Crippen molar-refractivity contribution >= 4 is 29.9 Å². The number of nitrogens with zero attached hydrogens (tertiary/aromatic N) is 3. The van der Waals surface area contributed by atoms with Crippen LogP contribution in [-0.2, 0) is 4.79 Å². The van der Waals surface area contributed by atoms with Gasteiger partial charge in [-0.3, -0.25) is 19.5 Å². The first kappa shape index (κ1) is 20.9. The molecule has 2 aromatic rings. The number of hydrogen-bond acceptors (Lipinski definition) is 5. The van der Waals surface area contributed by atoms with Crippen molar-refractivity contribution in [3.63, 3.8) is 0 Å². The second-order valence-corrected chi connectivity index (χ2v) is 8.56. The molecule has 5 heterocycles. The molecular weight excluding hydrogens is 408 g/mol. The highest BCUT2D eigenvalue weighted by Crippen LogP contribution is 2.39. The van der Waals surface area contributed by atoms with Crippen LogP contribution in [0.1, 0.15) is 41.7 Å². The van der Waals surface area contributed by atoms with E-state index in [1.807, 2.05) is 11.8 Å². The smallest absolute Gasteiger partial charge is 0.285 e. The van der Waals surface area contributed by atoms with E-state index in [1.165, 1.54) is 10.7 Å². The Labute approximate surface area is 180 Å². The molecule has 2 aromatic heterocycles. The summed E-state index contributed by atoms with van der Waals surface area (Å²) in [6.45, 7) is 3.99. The van der Waals surface area contributed by atoms with Crippen LogP contribution in [0.15, 0.2) is 17.1 Å². The summed E-state index contributed by atoms with van der Waals surface area (Å²) in [7, 11) is 0. The van der Waals surface area contributed by atoms with Gasteiger partial charge in [-0.1, -0.05) is 0 Å². The summed E-state index contributed by atoms with van der Waals surface area (Å²) in [5, 5.41) is 9.31. The van der Waals surface area contributed by atoms with Crippen molar-refractivity contribution in [2.75, 3.05) is 19.6 Å². The van der Waals surface area contributed by atoms with E-state index in [9.17, 15) is 14.4 Å². The van der Waals surface area contributed by atoms with Crippen LogP contribution in [0, 0.1) is 18.8 Å². The minimum atomic E-state index is -0.448. The zero-order chi connectivity index (χ0) is 20.1. The Morgan fingerprint density at radius 2 is 2.10 bits per heavy atom. The Balaban J connectivity index is 0.00000218. The molecule has 0 aromatic carbocycles. The number of halogens is 1. The lowest BCUT2D eigenvalue weighted by atomic mass is 9.72. The number of aryl methyl sites for hydroxylation is 1. The van der Waals surface area contributed by atoms with Gasteiger partial charge in [-0.05, 0) is 44.6 Å². The molecule has 3 aliphatic heterocycles. The lowest BCUT2D eigenvalue weighted by Gasteiger charge is -2.54. The number of carbonyl (C=O) groups is 2. The number of rotatable bonds is 3. The maximum Gasteiger partial charge on any atom is 0.285 e. The summed E-state index contributed by atoms with van der Waals surface area (Å²) < 4.78 is 1.28. The Hall–Kier alpha value is -2.39. The maximum atomic E-state index is 12.8. The molecular formula is C20H27ClN6O3. The first-order chi connectivity index (χ1) is 14.0. The van der Waals surface area contributed by atoms with E-state index in [0.717, 1.165) is 38.0 Å². The molecule has 2 bridgehead atoms. The van der Waals surface area contributed by atoms with Gasteiger partial charge in [0.15, 0.2) is 5.65 Å². The van der Waals surface area contributed by atoms with Gasteiger partial charge < -0.3 is 15.5 Å². The Morgan fingerprint density at radius 1 is 1.30 bits per heavy atom. The third-order valence-electron chi connectivity index (χ3n) is 6.74. The largest absolute Gasteiger partial charge is 0.350 e. The SMILES string of the molecule is Cc1cc2ncc(C(=O)NC[C@H]3[C@@H]4CNC[C@@H](C4)[C@@H]4CCCC(=O)N43)c(=O)n2[nH]1.Cl. The van der Waals surface area contributed by atoms with Crippen molar-refractivity contribution in [3.8, 4) is 0 Å². The fourth-order valence-corrected chi connectivity index (χ4v) is 5.43. The molecule has 0 unspecified atom stereocenters. The number of nitrogens with one attached hydrogen (secondary N) is 3. The van der Waals surface area contributed by atoms with E-state index in [2.05, 4.69) is 20.7 Å². The van der Waals surface area contributed by atoms with Gasteiger partial charge in [-0.15, -0.1) is 12.4 Å². The number of aromatic nitrogens is 3. The van der Waals surface area contributed by atoms with Gasteiger partial charge in [-0.2, -0.15) is 0 Å². The highest BCUT2D eigenvalue weighted by molar-refractivity contribution is 5.93. The van der Waals surface area contributed by atoms with Crippen molar-refractivity contribution in [2.24, 2.45) is 11.8 Å². The number of carbonyl (C=O) groups excluding carboxylic acids is 2. The van der Waals surface area contributed by atoms with Crippen molar-refractivity contribution in [1.82, 2.24) is 30.1 Å². The summed E-state index contributed by atoms with van der Waals surface area (Å²) in [6.07, 6.45) is 4.97. The molecule has 2 amide bonds. The van der Waals surface area contributed by atoms with E-state index in [0.29, 0.717) is 30.4 Å². The third-order valence-corrected chi connectivity index (χ3v) is 6.74. The number of fused-ring (bicyclic) bond motifs is 5. The summed E-state index contributed by atoms with van der Waals surface area (Å²) in [6, 6.07) is 1.97. The highest BCUT2D eigenvalue weighted by Gasteiger charge is 2.47. The normalized spacial score (nSPS) is 28.0. The Kier molecular flexibility index (Phi) is 5.59. The van der Waals surface area contributed by atoms with Crippen molar-refractivity contribution in [2.45, 2.75) is 44.7 Å². The number of piperidine rings is 3. The molecule has 0 aliphatic carbocycles. The van der Waals surface area contributed by atoms with Gasteiger partial charge in [0.25, 0.3) is 11.5 Å². The predicted octanol–water partition coefficient (Wildman–Crippen LogP) is 0.472. The molecule has 162 valence electrons. The standard InChI is InChI=1S/C20H26N6O3.ClH/c1-11-5-17-22-9-14(20(29)26(17)24-11)19(28)23-10-16-13-6-12(7-21-8-13)15-3-2-4-18(27)25(15)16;/h5,9,12-13,15-16,21,24H,2-4,6-8,10H2,1H3,(H,23,28);1H/t12-,13+,15+,16+;/m1./s1. The minimum absolute atomic E-state index is 0. The van der Waals surface area contributed by atoms with Crippen molar-refractivity contribution < 1.29 is 9.59 Å². The molecule has 4 atom stereocenters. The second-order valence-electron chi connectivity index (χ2n) is 8.56. The van der Waals surface area contributed by atoms with Crippen molar-refractivity contribution in [3.05, 3.63) is 33.9 Å². The van der Waals surface area contributed by atoms with E-state index in [4.69, 9.17) is 0 Å². The molecule has 0 spiro atoms. The molecule has 3 N–H and O–H groups in total. The summed E-state index contributed by atoms with van der Waals surface area (Å²) in [4.78, 5) is 44.4. The third kappa shape index (κ3) is 3.39. The van der Waals surface area contributed by atoms with E-state index in [-0.39, 0.29) is 36.0 Å². The zero-order valence-corrected chi connectivity index (χ0v) is 17.7. The monoisotopic (exact) mass is 434 g/mol. The number of amides is 2. The number of aromatic amines is 1. The Bertz CT molecular complexity index is 1030. The molecule has 10 heteroatoms. The lowest BCUT2D eigenvalue weighted by molar-refractivity contribution is -0.148. The van der Waals surface area contributed by atoms with Gasteiger partial charge in [0.2, 0.25) is 5.91 Å². The van der Waals surface area contributed by atoms with Gasteiger partial charge >= 0.3 is 0 Å². The van der Waals surface area contributed by atoms with Gasteiger partial charge in [0, 0.05) is 43.5 Å². The van der Waals surface area contributed by atoms with Crippen LogP contribution < -0.4 is 16.2 Å². The zero-order valence-electron chi connectivity index (χ0n) is 16.9. The van der Waals surface area contributed by atoms with Crippen LogP contribution in [0.5, 0.6) is 0 Å². The van der Waals surface area contributed by atoms with Gasteiger partial charge in [-0.25, -0.2) is 9.50 Å². The van der Waals surface area contributed by atoms with Crippen LogP contribution in [0.2, 0.25) is 0 Å². The van der Waals surface area contributed by atoms with Crippen molar-refractivity contribution in [1.29, 1.82) is 0 Å². The topological polar surface area (TPSA) is 112 Å². The molecule has 0 radical (unpaired) electrons. The van der Waals surface area contributed by atoms with E-state index in [1.54, 1.807) is 6.07 Å². The summed E-state index contributed by atoms with van der Waals surface area (Å²) in [5.74, 6) is 0.565. The van der Waals surface area contributed by atoms with Crippen LogP contribution >= 0.6 is 12.4 Å². The molecule has 3 saturated heterocycles. The molecule has 5 rings (SSSR count). The minimum Gasteiger partial charge on any atom is -0.350 e. The van der Waals surface area contributed by atoms with Crippen LogP contribution in [0.25, 0.3) is 5.65 Å². The molecule has 30 heavy (non-hydrogen) atoms. The van der Waals surface area contributed by atoms with Crippen LogP contribution in [-0.4, -0.2) is 63.0 Å². The number of H-pyrrole nitrogens is 1. The summed E-state index contributed by atoms with van der Waals surface area (Å²) >= 11 is 0. The van der Waals surface area contributed by atoms with Gasteiger partial charge in [0.1, 0.15) is 5.56 Å². The fourth-order valence-electron chi connectivity index (χ4n) is 5.43. The second kappa shape index (κ2) is 8.03. The first-order valence-electron chi connectivity index (χ1n) is 10.4. The molecule has 9 nitrogen and oxygen atoms in total. The first-order valence-corrected chi connectivity index (χ1v) is 10.4. The predicted molar refractivity (Wildman–Crippen MR) is 113 cm³/mol. The van der Waals surface area contributed by atoms with E-state index >= 15 is 0 Å². The quantitative estimate of drug-likeness (QED) is 0.650. The lowest BCUT2D eigenvalue weighted by Crippen LogP contribution is -2.66. The van der Waals surface area contributed by atoms with Crippen LogP contribution in [0.3, 0.4) is 0 Å². The molecule has 3 aliphatic rings. The van der Waals surface area contributed by atoms with Crippen LogP contribution in [0.4, 0.5) is 0 Å². The number of hydrogen-bond donors (Lipinski definition) is 3. The van der Waals surface area contributed by atoms with E-state index < -0.39 is 11.5 Å².